The van der Waals surface area contributed by atoms with Crippen LogP contribution in [0.1, 0.15) is 25.3 Å². The summed E-state index contributed by atoms with van der Waals surface area (Å²) in [5.74, 6) is 0.462. The molecule has 0 aliphatic heterocycles. The number of hydrogen-bond donors (Lipinski definition) is 1. The molecule has 0 atom stereocenters. The lowest BCUT2D eigenvalue weighted by Crippen LogP contribution is -2.23. The number of anilines is 1. The number of fused-ring (bicyclic) bond motifs is 1. The molecule has 0 spiro atoms. The molecule has 0 bridgehead atoms. The van der Waals surface area contributed by atoms with Gasteiger partial charge in [-0.15, -0.1) is 6.58 Å². The first-order chi connectivity index (χ1) is 13.5. The molecular formula is C22H23N3O2S. The molecule has 0 unspecified atom stereocenters. The Balaban J connectivity index is 1.75. The zero-order chi connectivity index (χ0) is 20.1. The number of carbonyl (C=O) groups is 1. The number of nitrogens with zero attached hydrogens (tertiary/aromatic N) is 2. The van der Waals surface area contributed by atoms with Crippen LogP contribution in [0.2, 0.25) is 0 Å². The van der Waals surface area contributed by atoms with E-state index in [4.69, 9.17) is 0 Å². The Kier molecular flexibility index (Phi) is 6.31. The molecule has 1 amide bonds. The predicted octanol–water partition coefficient (Wildman–Crippen LogP) is 4.44. The van der Waals surface area contributed by atoms with E-state index in [1.807, 2.05) is 36.4 Å². The van der Waals surface area contributed by atoms with E-state index in [-0.39, 0.29) is 17.2 Å². The van der Waals surface area contributed by atoms with Crippen LogP contribution in [0.4, 0.5) is 5.69 Å². The molecule has 0 radical (unpaired) electrons. The molecule has 3 aromatic rings. The largest absolute Gasteiger partial charge is 0.325 e. The summed E-state index contributed by atoms with van der Waals surface area (Å²) in [6.07, 6.45) is 1.65. The fourth-order valence-corrected chi connectivity index (χ4v) is 3.64. The number of allylic oxidation sites excluding steroid dienone is 1. The number of nitrogens with one attached hydrogen (secondary N) is 1. The topological polar surface area (TPSA) is 64.0 Å². The number of carbonyl (C=O) groups excluding carboxylic acids is 1. The molecule has 0 aliphatic rings. The molecule has 0 fully saturated rings. The number of hydrogen-bond acceptors (Lipinski definition) is 4. The molecule has 0 aliphatic carbocycles. The summed E-state index contributed by atoms with van der Waals surface area (Å²) < 4.78 is 1.55. The molecule has 2 aromatic carbocycles. The summed E-state index contributed by atoms with van der Waals surface area (Å²) in [5.41, 5.74) is 2.48. The highest BCUT2D eigenvalue weighted by Crippen LogP contribution is 2.20. The van der Waals surface area contributed by atoms with Crippen LogP contribution in [0.5, 0.6) is 0 Å². The maximum atomic E-state index is 12.7. The molecule has 3 rings (SSSR count). The molecular weight excluding hydrogens is 370 g/mol. The maximum Gasteiger partial charge on any atom is 0.262 e. The van der Waals surface area contributed by atoms with Crippen LogP contribution in [-0.4, -0.2) is 21.2 Å². The molecule has 0 saturated carbocycles. The molecule has 6 heteroatoms. The average Bonchev–Trinajstić information content (AvgIpc) is 2.69. The van der Waals surface area contributed by atoms with Crippen molar-refractivity contribution in [2.75, 3.05) is 11.1 Å². The highest BCUT2D eigenvalue weighted by atomic mass is 32.2. The van der Waals surface area contributed by atoms with Crippen LogP contribution in [0, 0.1) is 0 Å². The van der Waals surface area contributed by atoms with Crippen LogP contribution in [-0.2, 0) is 11.3 Å². The lowest BCUT2D eigenvalue weighted by molar-refractivity contribution is -0.113. The minimum Gasteiger partial charge on any atom is -0.325 e. The van der Waals surface area contributed by atoms with Crippen molar-refractivity contribution in [3.8, 4) is 0 Å². The van der Waals surface area contributed by atoms with Gasteiger partial charge in [0, 0.05) is 12.2 Å². The Morgan fingerprint density at radius 3 is 2.61 bits per heavy atom. The Hall–Kier alpha value is -2.86. The highest BCUT2D eigenvalue weighted by Gasteiger charge is 2.12. The van der Waals surface area contributed by atoms with Gasteiger partial charge in [-0.25, -0.2) is 4.98 Å². The van der Waals surface area contributed by atoms with Gasteiger partial charge in [0.05, 0.1) is 16.7 Å². The molecule has 0 saturated heterocycles. The van der Waals surface area contributed by atoms with Crippen LogP contribution in [0.15, 0.2) is 71.1 Å². The summed E-state index contributed by atoms with van der Waals surface area (Å²) in [6.45, 7) is 8.31. The third-order valence-electron chi connectivity index (χ3n) is 4.33. The number of para-hydroxylation sites is 1. The normalized spacial score (nSPS) is 11.0. The predicted molar refractivity (Wildman–Crippen MR) is 116 cm³/mol. The van der Waals surface area contributed by atoms with Gasteiger partial charge in [0.25, 0.3) is 5.56 Å². The second-order valence-corrected chi connectivity index (χ2v) is 7.67. The standard InChI is InChI=1S/C22H23N3O2S/c1-4-13-25-21(27)18-7-5-6-8-19(18)24-22(25)28-14-20(26)23-17-11-9-16(10-12-17)15(2)3/h4-12,15H,1,13-14H2,2-3H3,(H,23,26). The van der Waals surface area contributed by atoms with E-state index in [1.165, 1.54) is 17.3 Å². The summed E-state index contributed by atoms with van der Waals surface area (Å²) in [6, 6.07) is 15.0. The van der Waals surface area contributed by atoms with Gasteiger partial charge < -0.3 is 5.32 Å². The first-order valence-corrected chi connectivity index (χ1v) is 10.1. The molecule has 1 N–H and O–H groups in total. The lowest BCUT2D eigenvalue weighted by atomic mass is 10.0. The number of aromatic nitrogens is 2. The number of rotatable bonds is 7. The SMILES string of the molecule is C=CCn1c(SCC(=O)Nc2ccc(C(C)C)cc2)nc2ccccc2c1=O. The van der Waals surface area contributed by atoms with E-state index in [1.54, 1.807) is 22.8 Å². The van der Waals surface area contributed by atoms with Crippen molar-refractivity contribution in [1.29, 1.82) is 0 Å². The van der Waals surface area contributed by atoms with E-state index in [0.717, 1.165) is 5.69 Å². The minimum absolute atomic E-state index is 0.127. The Morgan fingerprint density at radius 2 is 1.93 bits per heavy atom. The third kappa shape index (κ3) is 4.51. The lowest BCUT2D eigenvalue weighted by Gasteiger charge is -2.12. The Morgan fingerprint density at radius 1 is 1.21 bits per heavy atom. The second kappa shape index (κ2) is 8.89. The number of thioether (sulfide) groups is 1. The fraction of sp³-hybridized carbons (Fsp3) is 0.227. The smallest absolute Gasteiger partial charge is 0.262 e. The van der Waals surface area contributed by atoms with Gasteiger partial charge in [-0.05, 0) is 35.7 Å². The van der Waals surface area contributed by atoms with Gasteiger partial charge in [-0.2, -0.15) is 0 Å². The number of benzene rings is 2. The van der Waals surface area contributed by atoms with Crippen molar-refractivity contribution in [1.82, 2.24) is 9.55 Å². The van der Waals surface area contributed by atoms with Crippen LogP contribution in [0.3, 0.4) is 0 Å². The monoisotopic (exact) mass is 393 g/mol. The van der Waals surface area contributed by atoms with Gasteiger partial charge in [-0.3, -0.25) is 14.2 Å². The molecule has 28 heavy (non-hydrogen) atoms. The first kappa shape index (κ1) is 19.9. The van der Waals surface area contributed by atoms with E-state index in [9.17, 15) is 9.59 Å². The van der Waals surface area contributed by atoms with Crippen molar-refractivity contribution in [3.05, 3.63) is 77.1 Å². The van der Waals surface area contributed by atoms with Gasteiger partial charge in [0.1, 0.15) is 0 Å². The number of amides is 1. The van der Waals surface area contributed by atoms with Crippen LogP contribution < -0.4 is 10.9 Å². The van der Waals surface area contributed by atoms with Gasteiger partial charge in [0.2, 0.25) is 5.91 Å². The van der Waals surface area contributed by atoms with Crippen LogP contribution in [0.25, 0.3) is 10.9 Å². The van der Waals surface area contributed by atoms with Crippen molar-refractivity contribution in [2.45, 2.75) is 31.5 Å². The van der Waals surface area contributed by atoms with E-state index in [2.05, 4.69) is 30.7 Å². The van der Waals surface area contributed by atoms with Gasteiger partial charge in [-0.1, -0.05) is 56.0 Å². The summed E-state index contributed by atoms with van der Waals surface area (Å²) in [4.78, 5) is 29.6. The average molecular weight is 394 g/mol. The van der Waals surface area contributed by atoms with Crippen molar-refractivity contribution in [3.63, 3.8) is 0 Å². The summed E-state index contributed by atoms with van der Waals surface area (Å²) in [5, 5.41) is 3.95. The zero-order valence-corrected chi connectivity index (χ0v) is 16.8. The second-order valence-electron chi connectivity index (χ2n) is 6.73. The first-order valence-electron chi connectivity index (χ1n) is 9.12. The van der Waals surface area contributed by atoms with E-state index in [0.29, 0.717) is 28.5 Å². The van der Waals surface area contributed by atoms with E-state index >= 15 is 0 Å². The van der Waals surface area contributed by atoms with E-state index < -0.39 is 0 Å². The molecule has 1 heterocycles. The minimum atomic E-state index is -0.144. The van der Waals surface area contributed by atoms with Crippen molar-refractivity contribution in [2.24, 2.45) is 0 Å². The maximum absolute atomic E-state index is 12.7. The van der Waals surface area contributed by atoms with Crippen molar-refractivity contribution < 1.29 is 4.79 Å². The zero-order valence-electron chi connectivity index (χ0n) is 16.0. The third-order valence-corrected chi connectivity index (χ3v) is 5.31. The molecule has 144 valence electrons. The van der Waals surface area contributed by atoms with Gasteiger partial charge >= 0.3 is 0 Å². The summed E-state index contributed by atoms with van der Waals surface area (Å²) in [7, 11) is 0. The Bertz CT molecular complexity index is 1060. The molecule has 5 nitrogen and oxygen atoms in total. The van der Waals surface area contributed by atoms with Crippen molar-refractivity contribution >= 4 is 34.3 Å². The molecule has 1 aromatic heterocycles. The Labute approximate surface area is 168 Å². The van der Waals surface area contributed by atoms with Gasteiger partial charge in [0.15, 0.2) is 5.16 Å². The summed E-state index contributed by atoms with van der Waals surface area (Å²) >= 11 is 1.24. The van der Waals surface area contributed by atoms with Crippen LogP contribution >= 0.6 is 11.8 Å². The fourth-order valence-electron chi connectivity index (χ4n) is 2.83. The quantitative estimate of drug-likeness (QED) is 0.366. The highest BCUT2D eigenvalue weighted by molar-refractivity contribution is 7.99.